The summed E-state index contributed by atoms with van der Waals surface area (Å²) in [7, 11) is 1.65. The first kappa shape index (κ1) is 13.6. The van der Waals surface area contributed by atoms with Crippen LogP contribution in [-0.2, 0) is 6.42 Å². The minimum atomic E-state index is 0.690. The van der Waals surface area contributed by atoms with Crippen molar-refractivity contribution in [2.45, 2.75) is 13.3 Å². The van der Waals surface area contributed by atoms with E-state index in [9.17, 15) is 0 Å². The van der Waals surface area contributed by atoms with Gasteiger partial charge in [-0.05, 0) is 56.0 Å². The fraction of sp³-hybridized carbons (Fsp3) is 0.250. The number of ether oxygens (including phenoxy) is 1. The van der Waals surface area contributed by atoms with Crippen LogP contribution in [0.1, 0.15) is 12.5 Å². The quantitative estimate of drug-likeness (QED) is 0.636. The molecule has 18 heavy (non-hydrogen) atoms. The minimum Gasteiger partial charge on any atom is -0.495 e. The number of hydrogen-bond acceptors (Lipinski definition) is 4. The summed E-state index contributed by atoms with van der Waals surface area (Å²) in [6.45, 7) is 2.06. The monoisotopic (exact) mass is 373 g/mol. The van der Waals surface area contributed by atoms with Gasteiger partial charge in [-0.25, -0.2) is 10.8 Å². The zero-order chi connectivity index (χ0) is 13.3. The van der Waals surface area contributed by atoms with Gasteiger partial charge in [0.2, 0.25) is 0 Å². The van der Waals surface area contributed by atoms with Gasteiger partial charge in [0.15, 0.2) is 0 Å². The molecule has 0 atom stereocenters. The van der Waals surface area contributed by atoms with E-state index in [0.29, 0.717) is 5.82 Å². The summed E-state index contributed by atoms with van der Waals surface area (Å²) in [4.78, 5) is 4.53. The van der Waals surface area contributed by atoms with Gasteiger partial charge in [0.1, 0.15) is 11.6 Å². The molecule has 1 heterocycles. The number of aryl methyl sites for hydroxylation is 1. The number of methoxy groups -OCH3 is 1. The van der Waals surface area contributed by atoms with E-state index in [4.69, 9.17) is 10.6 Å². The molecule has 2 rings (SSSR count). The number of anilines is 1. The van der Waals surface area contributed by atoms with Crippen LogP contribution in [0.25, 0.3) is 10.9 Å². The lowest BCUT2D eigenvalue weighted by Gasteiger charge is -2.13. The molecule has 96 valence electrons. The smallest absolute Gasteiger partial charge is 0.143 e. The molecule has 1 aromatic carbocycles. The number of rotatable bonds is 3. The van der Waals surface area contributed by atoms with E-state index < -0.39 is 0 Å². The Morgan fingerprint density at radius 2 is 2.06 bits per heavy atom. The summed E-state index contributed by atoms with van der Waals surface area (Å²) in [5.41, 5.74) is 4.50. The summed E-state index contributed by atoms with van der Waals surface area (Å²) in [6.07, 6.45) is 0.843. The second kappa shape index (κ2) is 5.42. The fourth-order valence-electron chi connectivity index (χ4n) is 1.89. The molecule has 1 aromatic heterocycles. The van der Waals surface area contributed by atoms with Gasteiger partial charge < -0.3 is 10.2 Å². The topological polar surface area (TPSA) is 60.2 Å². The number of halogens is 2. The summed E-state index contributed by atoms with van der Waals surface area (Å²) >= 11 is 6.99. The lowest BCUT2D eigenvalue weighted by molar-refractivity contribution is 0.417. The van der Waals surface area contributed by atoms with Crippen molar-refractivity contribution in [3.63, 3.8) is 0 Å². The molecule has 0 saturated heterocycles. The molecule has 0 fully saturated rings. The average molecular weight is 375 g/mol. The van der Waals surface area contributed by atoms with Crippen LogP contribution in [-0.4, -0.2) is 12.1 Å². The molecular formula is C12H13Br2N3O. The van der Waals surface area contributed by atoms with Crippen molar-refractivity contribution in [3.05, 3.63) is 26.6 Å². The molecule has 0 aliphatic heterocycles. The Hall–Kier alpha value is -0.850. The maximum absolute atomic E-state index is 5.50. The number of pyridine rings is 1. The number of hydrogen-bond donors (Lipinski definition) is 2. The summed E-state index contributed by atoms with van der Waals surface area (Å²) in [5.74, 6) is 6.97. The first-order valence-corrected chi connectivity index (χ1v) is 7.03. The number of aromatic nitrogens is 1. The van der Waals surface area contributed by atoms with Gasteiger partial charge in [-0.1, -0.05) is 6.92 Å². The summed E-state index contributed by atoms with van der Waals surface area (Å²) in [6, 6.07) is 3.96. The van der Waals surface area contributed by atoms with Gasteiger partial charge in [-0.2, -0.15) is 0 Å². The number of hydrazine groups is 1. The molecular weight excluding hydrogens is 362 g/mol. The van der Waals surface area contributed by atoms with E-state index in [2.05, 4.69) is 49.2 Å². The first-order valence-electron chi connectivity index (χ1n) is 5.44. The highest BCUT2D eigenvalue weighted by molar-refractivity contribution is 9.11. The van der Waals surface area contributed by atoms with Gasteiger partial charge in [-0.15, -0.1) is 0 Å². The van der Waals surface area contributed by atoms with Gasteiger partial charge in [0, 0.05) is 9.86 Å². The summed E-state index contributed by atoms with van der Waals surface area (Å²) < 4.78 is 7.21. The largest absolute Gasteiger partial charge is 0.495 e. The van der Waals surface area contributed by atoms with Crippen LogP contribution in [0.2, 0.25) is 0 Å². The van der Waals surface area contributed by atoms with E-state index in [1.54, 1.807) is 7.11 Å². The number of nitrogens with zero attached hydrogens (tertiary/aromatic N) is 1. The number of nitrogen functional groups attached to an aromatic ring is 1. The molecule has 0 spiro atoms. The molecule has 0 unspecified atom stereocenters. The van der Waals surface area contributed by atoms with Crippen molar-refractivity contribution in [2.75, 3.05) is 12.5 Å². The second-order valence-corrected chi connectivity index (χ2v) is 5.47. The van der Waals surface area contributed by atoms with Crippen molar-refractivity contribution < 1.29 is 4.74 Å². The highest BCUT2D eigenvalue weighted by Gasteiger charge is 2.14. The van der Waals surface area contributed by atoms with Crippen LogP contribution in [0.3, 0.4) is 0 Å². The number of fused-ring (bicyclic) bond motifs is 1. The standard InChI is InChI=1S/C12H13Br2N3O/c1-3-6-4-7-10(16-12(6)17-15)8(13)5-9(14)11(7)18-2/h4-5H,3,15H2,1-2H3,(H,16,17). The van der Waals surface area contributed by atoms with E-state index >= 15 is 0 Å². The molecule has 3 N–H and O–H groups in total. The van der Waals surface area contributed by atoms with Crippen LogP contribution < -0.4 is 16.0 Å². The van der Waals surface area contributed by atoms with Crippen molar-refractivity contribution >= 4 is 48.6 Å². The number of nitrogens with two attached hydrogens (primary N) is 1. The molecule has 0 amide bonds. The van der Waals surface area contributed by atoms with Gasteiger partial charge in [-0.3, -0.25) is 0 Å². The zero-order valence-corrected chi connectivity index (χ0v) is 13.2. The van der Waals surface area contributed by atoms with Crippen molar-refractivity contribution in [1.82, 2.24) is 4.98 Å². The zero-order valence-electron chi connectivity index (χ0n) is 10.1. The van der Waals surface area contributed by atoms with Crippen LogP contribution >= 0.6 is 31.9 Å². The Morgan fingerprint density at radius 3 is 2.61 bits per heavy atom. The molecule has 2 aromatic rings. The molecule has 0 bridgehead atoms. The van der Waals surface area contributed by atoms with E-state index in [-0.39, 0.29) is 0 Å². The molecule has 4 nitrogen and oxygen atoms in total. The Morgan fingerprint density at radius 1 is 1.33 bits per heavy atom. The summed E-state index contributed by atoms with van der Waals surface area (Å²) in [5, 5.41) is 0.953. The Bertz CT molecular complexity index is 602. The van der Waals surface area contributed by atoms with Crippen LogP contribution in [0.4, 0.5) is 5.82 Å². The van der Waals surface area contributed by atoms with Crippen molar-refractivity contribution in [1.29, 1.82) is 0 Å². The third-order valence-corrected chi connectivity index (χ3v) is 3.96. The molecule has 0 aliphatic rings. The third kappa shape index (κ3) is 2.20. The maximum Gasteiger partial charge on any atom is 0.143 e. The third-order valence-electron chi connectivity index (χ3n) is 2.76. The Kier molecular flexibility index (Phi) is 4.09. The van der Waals surface area contributed by atoms with Crippen LogP contribution in [0.5, 0.6) is 5.75 Å². The average Bonchev–Trinajstić information content (AvgIpc) is 2.37. The number of nitrogens with one attached hydrogen (secondary N) is 1. The van der Waals surface area contributed by atoms with Gasteiger partial charge >= 0.3 is 0 Å². The fourth-order valence-corrected chi connectivity index (χ4v) is 3.33. The van der Waals surface area contributed by atoms with Crippen LogP contribution in [0.15, 0.2) is 21.1 Å². The highest BCUT2D eigenvalue weighted by Crippen LogP contribution is 2.39. The molecule has 0 saturated carbocycles. The highest BCUT2D eigenvalue weighted by atomic mass is 79.9. The maximum atomic E-state index is 5.50. The lowest BCUT2D eigenvalue weighted by atomic mass is 10.1. The van der Waals surface area contributed by atoms with Crippen LogP contribution in [0, 0.1) is 0 Å². The number of benzene rings is 1. The van der Waals surface area contributed by atoms with E-state index in [1.807, 2.05) is 12.1 Å². The molecule has 0 radical (unpaired) electrons. The van der Waals surface area contributed by atoms with E-state index in [1.165, 1.54) is 0 Å². The second-order valence-electron chi connectivity index (χ2n) is 3.76. The molecule has 0 aliphatic carbocycles. The lowest BCUT2D eigenvalue weighted by Crippen LogP contribution is -2.11. The van der Waals surface area contributed by atoms with E-state index in [0.717, 1.165) is 37.6 Å². The molecule has 6 heteroatoms. The van der Waals surface area contributed by atoms with Crippen molar-refractivity contribution in [2.24, 2.45) is 5.84 Å². The SMILES string of the molecule is CCc1cc2c(OC)c(Br)cc(Br)c2nc1NN. The Balaban J connectivity index is 2.87. The predicted octanol–water partition coefficient (Wildman–Crippen LogP) is 3.62. The first-order chi connectivity index (χ1) is 8.62. The van der Waals surface area contributed by atoms with Gasteiger partial charge in [0.25, 0.3) is 0 Å². The predicted molar refractivity (Wildman–Crippen MR) is 80.9 cm³/mol. The Labute approximate surface area is 122 Å². The van der Waals surface area contributed by atoms with Crippen molar-refractivity contribution in [3.8, 4) is 5.75 Å². The van der Waals surface area contributed by atoms with Gasteiger partial charge in [0.05, 0.1) is 17.1 Å². The normalized spacial score (nSPS) is 10.7. The minimum absolute atomic E-state index is 0.690.